The van der Waals surface area contributed by atoms with Gasteiger partial charge in [-0.25, -0.2) is 9.78 Å². The Kier molecular flexibility index (Phi) is 7.24. The van der Waals surface area contributed by atoms with Gasteiger partial charge < -0.3 is 15.2 Å². The van der Waals surface area contributed by atoms with Crippen LogP contribution < -0.4 is 10.6 Å². The van der Waals surface area contributed by atoms with Gasteiger partial charge in [0.1, 0.15) is 0 Å². The second kappa shape index (κ2) is 9.65. The van der Waals surface area contributed by atoms with E-state index in [9.17, 15) is 9.90 Å². The van der Waals surface area contributed by atoms with Gasteiger partial charge in [0, 0.05) is 18.7 Å². The maximum atomic E-state index is 11.9. The zero-order valence-corrected chi connectivity index (χ0v) is 14.3. The van der Waals surface area contributed by atoms with Gasteiger partial charge in [0.15, 0.2) is 0 Å². The Morgan fingerprint density at radius 3 is 2.72 bits per heavy atom. The number of amides is 2. The second-order valence-electron chi connectivity index (χ2n) is 5.95. The van der Waals surface area contributed by atoms with Gasteiger partial charge in [-0.15, -0.1) is 5.10 Å². The lowest BCUT2D eigenvalue weighted by molar-refractivity contribution is 0.0274. The molecule has 2 rings (SSSR count). The highest BCUT2D eigenvalue weighted by Crippen LogP contribution is 2.15. The molecule has 3 N–H and O–H groups in total. The van der Waals surface area contributed by atoms with Crippen LogP contribution in [0, 0.1) is 5.92 Å². The number of nitrogens with zero attached hydrogens (tertiary/aromatic N) is 3. The quantitative estimate of drug-likeness (QED) is 0.672. The molecule has 0 bridgehead atoms. The van der Waals surface area contributed by atoms with Gasteiger partial charge in [0.2, 0.25) is 0 Å². The van der Waals surface area contributed by atoms with E-state index < -0.39 is 12.1 Å². The van der Waals surface area contributed by atoms with E-state index in [2.05, 4.69) is 25.8 Å². The summed E-state index contributed by atoms with van der Waals surface area (Å²) >= 11 is 0. The first-order valence-electron chi connectivity index (χ1n) is 8.10. The molecule has 1 aromatic carbocycles. The van der Waals surface area contributed by atoms with Crippen LogP contribution in [0.2, 0.25) is 0 Å². The van der Waals surface area contributed by atoms with Crippen molar-refractivity contribution in [3.05, 3.63) is 36.5 Å². The number of anilines is 1. The Labute approximate surface area is 146 Å². The van der Waals surface area contributed by atoms with Crippen molar-refractivity contribution in [2.45, 2.75) is 20.0 Å². The molecule has 8 heteroatoms. The fourth-order valence-corrected chi connectivity index (χ4v) is 1.96. The fourth-order valence-electron chi connectivity index (χ4n) is 1.96. The molecule has 0 fully saturated rings. The number of carbonyl (C=O) groups is 1. The molecule has 0 spiro atoms. The number of rotatable bonds is 8. The van der Waals surface area contributed by atoms with Crippen molar-refractivity contribution in [1.29, 1.82) is 0 Å². The molecule has 0 aliphatic heterocycles. The van der Waals surface area contributed by atoms with Crippen LogP contribution in [0.15, 0.2) is 36.5 Å². The summed E-state index contributed by atoms with van der Waals surface area (Å²) in [4.78, 5) is 16.1. The zero-order valence-electron chi connectivity index (χ0n) is 14.3. The molecule has 0 aliphatic carbocycles. The first-order chi connectivity index (χ1) is 12.0. The van der Waals surface area contributed by atoms with E-state index in [1.54, 1.807) is 0 Å². The summed E-state index contributed by atoms with van der Waals surface area (Å²) in [5.74, 6) is 0.481. The smallest absolute Gasteiger partial charge is 0.321 e. The number of hydrogen-bond acceptors (Lipinski definition) is 6. The summed E-state index contributed by atoms with van der Waals surface area (Å²) < 4.78 is 5.32. The van der Waals surface area contributed by atoms with Gasteiger partial charge in [-0.3, -0.25) is 5.32 Å². The molecule has 1 heterocycles. The van der Waals surface area contributed by atoms with Gasteiger partial charge in [0.25, 0.3) is 5.95 Å². The summed E-state index contributed by atoms with van der Waals surface area (Å²) in [6.07, 6.45) is 0.744. The molecule has 8 nitrogen and oxygen atoms in total. The van der Waals surface area contributed by atoms with Crippen LogP contribution in [0.5, 0.6) is 0 Å². The van der Waals surface area contributed by atoms with Crippen LogP contribution in [0.3, 0.4) is 0 Å². The average Bonchev–Trinajstić information content (AvgIpc) is 2.61. The van der Waals surface area contributed by atoms with Crippen LogP contribution >= 0.6 is 0 Å². The highest BCUT2D eigenvalue weighted by molar-refractivity contribution is 5.87. The summed E-state index contributed by atoms with van der Waals surface area (Å²) in [5, 5.41) is 22.4. The van der Waals surface area contributed by atoms with Gasteiger partial charge in [-0.05, 0) is 5.92 Å². The third-order valence-corrected chi connectivity index (χ3v) is 3.11. The van der Waals surface area contributed by atoms with Crippen LogP contribution in [-0.2, 0) is 4.74 Å². The molecule has 1 aromatic heterocycles. The van der Waals surface area contributed by atoms with Crippen molar-refractivity contribution >= 4 is 12.0 Å². The first-order valence-corrected chi connectivity index (χ1v) is 8.10. The van der Waals surface area contributed by atoms with Crippen molar-refractivity contribution in [3.8, 4) is 11.3 Å². The number of urea groups is 1. The average molecular weight is 345 g/mol. The summed E-state index contributed by atoms with van der Waals surface area (Å²) in [6, 6.07) is 8.94. The molecule has 0 saturated carbocycles. The minimum Gasteiger partial charge on any atom is -0.389 e. The lowest BCUT2D eigenvalue weighted by atomic mass is 10.2. The van der Waals surface area contributed by atoms with E-state index in [4.69, 9.17) is 4.74 Å². The minimum absolute atomic E-state index is 0.0652. The normalized spacial score (nSPS) is 12.0. The number of ether oxygens (including phenoxy) is 1. The van der Waals surface area contributed by atoms with E-state index in [-0.39, 0.29) is 19.1 Å². The maximum Gasteiger partial charge on any atom is 0.321 e. The Morgan fingerprint density at radius 1 is 1.24 bits per heavy atom. The number of benzene rings is 1. The van der Waals surface area contributed by atoms with Gasteiger partial charge >= 0.3 is 6.03 Å². The highest BCUT2D eigenvalue weighted by Gasteiger charge is 2.10. The molecule has 1 unspecified atom stereocenters. The SMILES string of the molecule is CC(C)COCC(O)CNC(=O)Nc1nncc(-c2ccccc2)n1. The highest BCUT2D eigenvalue weighted by atomic mass is 16.5. The minimum atomic E-state index is -0.779. The van der Waals surface area contributed by atoms with E-state index in [0.29, 0.717) is 18.2 Å². The molecule has 134 valence electrons. The fraction of sp³-hybridized carbons (Fsp3) is 0.412. The zero-order chi connectivity index (χ0) is 18.1. The van der Waals surface area contributed by atoms with Crippen LogP contribution in [0.25, 0.3) is 11.3 Å². The first kappa shape index (κ1) is 18.8. The molecule has 1 atom stereocenters. The van der Waals surface area contributed by atoms with Crippen LogP contribution in [0.4, 0.5) is 10.7 Å². The monoisotopic (exact) mass is 345 g/mol. The van der Waals surface area contributed by atoms with Crippen molar-refractivity contribution in [3.63, 3.8) is 0 Å². The summed E-state index contributed by atoms with van der Waals surface area (Å²) in [7, 11) is 0. The number of aliphatic hydroxyl groups is 1. The Bertz CT molecular complexity index is 666. The predicted octanol–water partition coefficient (Wildman–Crippen LogP) is 1.69. The van der Waals surface area contributed by atoms with Crippen LogP contribution in [0.1, 0.15) is 13.8 Å². The largest absolute Gasteiger partial charge is 0.389 e. The topological polar surface area (TPSA) is 109 Å². The number of carbonyl (C=O) groups excluding carboxylic acids is 1. The van der Waals surface area contributed by atoms with E-state index >= 15 is 0 Å². The van der Waals surface area contributed by atoms with Crippen molar-refractivity contribution < 1.29 is 14.6 Å². The van der Waals surface area contributed by atoms with Gasteiger partial charge in [-0.2, -0.15) is 5.10 Å². The Morgan fingerprint density at radius 2 is 2.00 bits per heavy atom. The third-order valence-electron chi connectivity index (χ3n) is 3.11. The molecular formula is C17H23N5O3. The van der Waals surface area contributed by atoms with E-state index in [0.717, 1.165) is 5.56 Å². The van der Waals surface area contributed by atoms with E-state index in [1.165, 1.54) is 6.20 Å². The van der Waals surface area contributed by atoms with Crippen molar-refractivity contribution in [2.75, 3.05) is 25.1 Å². The molecule has 0 saturated heterocycles. The lowest BCUT2D eigenvalue weighted by Gasteiger charge is -2.13. The molecule has 2 amide bonds. The summed E-state index contributed by atoms with van der Waals surface area (Å²) in [6.45, 7) is 4.84. The van der Waals surface area contributed by atoms with E-state index in [1.807, 2.05) is 44.2 Å². The van der Waals surface area contributed by atoms with Gasteiger partial charge in [-0.1, -0.05) is 44.2 Å². The molecular weight excluding hydrogens is 322 g/mol. The second-order valence-corrected chi connectivity index (χ2v) is 5.95. The van der Waals surface area contributed by atoms with Crippen LogP contribution in [-0.4, -0.2) is 52.2 Å². The van der Waals surface area contributed by atoms with Gasteiger partial charge in [0.05, 0.1) is 24.6 Å². The van der Waals surface area contributed by atoms with Crippen molar-refractivity contribution in [1.82, 2.24) is 20.5 Å². The number of hydrogen-bond donors (Lipinski definition) is 3. The molecule has 0 radical (unpaired) electrons. The summed E-state index contributed by atoms with van der Waals surface area (Å²) in [5.41, 5.74) is 1.48. The lowest BCUT2D eigenvalue weighted by Crippen LogP contribution is -2.37. The Hall–Kier alpha value is -2.58. The Balaban J connectivity index is 1.81. The maximum absolute atomic E-state index is 11.9. The van der Waals surface area contributed by atoms with Crippen molar-refractivity contribution in [2.24, 2.45) is 5.92 Å². The predicted molar refractivity (Wildman–Crippen MR) is 93.9 cm³/mol. The molecule has 25 heavy (non-hydrogen) atoms. The third kappa shape index (κ3) is 6.82. The standard InChI is InChI=1S/C17H23N5O3/c1-12(2)10-25-11-14(23)8-18-17(24)21-16-20-15(9-19-22-16)13-6-4-3-5-7-13/h3-7,9,12,14,23H,8,10-11H2,1-2H3,(H2,18,20,21,22,24). The molecule has 0 aliphatic rings. The number of aromatic nitrogens is 3. The number of aliphatic hydroxyl groups excluding tert-OH is 1. The number of nitrogens with one attached hydrogen (secondary N) is 2. The molecule has 2 aromatic rings.